The normalized spacial score (nSPS) is 16.7. The summed E-state index contributed by atoms with van der Waals surface area (Å²) in [6.07, 6.45) is 0.0559. The van der Waals surface area contributed by atoms with E-state index in [1.165, 1.54) is 0 Å². The molecule has 0 bridgehead atoms. The van der Waals surface area contributed by atoms with Gasteiger partial charge in [-0.05, 0) is 35.7 Å². The van der Waals surface area contributed by atoms with E-state index >= 15 is 0 Å². The van der Waals surface area contributed by atoms with E-state index in [1.54, 1.807) is 13.0 Å². The van der Waals surface area contributed by atoms with Crippen molar-refractivity contribution in [2.75, 3.05) is 0 Å². The SMILES string of the molecule is CC(O)Cc1cc2c(cc1O)COC2. The van der Waals surface area contributed by atoms with Crippen molar-refractivity contribution in [3.63, 3.8) is 0 Å². The van der Waals surface area contributed by atoms with Crippen LogP contribution in [0.4, 0.5) is 0 Å². The maximum absolute atomic E-state index is 9.66. The average Bonchev–Trinajstić information content (AvgIpc) is 2.51. The number of aromatic hydroxyl groups is 1. The van der Waals surface area contributed by atoms with Gasteiger partial charge in [0.1, 0.15) is 5.75 Å². The molecule has 1 atom stereocenters. The maximum atomic E-state index is 9.66. The molecule has 3 nitrogen and oxygen atoms in total. The third-order valence-electron chi connectivity index (χ3n) is 2.43. The summed E-state index contributed by atoms with van der Waals surface area (Å²) in [5.41, 5.74) is 2.97. The predicted octanol–water partition coefficient (Wildman–Crippen LogP) is 1.35. The van der Waals surface area contributed by atoms with Crippen LogP contribution in [0.25, 0.3) is 0 Å². The van der Waals surface area contributed by atoms with Gasteiger partial charge in [0.2, 0.25) is 0 Å². The van der Waals surface area contributed by atoms with Crippen LogP contribution < -0.4 is 0 Å². The fraction of sp³-hybridized carbons (Fsp3) is 0.455. The molecule has 0 fully saturated rings. The number of benzene rings is 1. The van der Waals surface area contributed by atoms with Crippen LogP contribution in [-0.4, -0.2) is 16.3 Å². The van der Waals surface area contributed by atoms with E-state index in [0.29, 0.717) is 19.6 Å². The van der Waals surface area contributed by atoms with Gasteiger partial charge in [0.25, 0.3) is 0 Å². The van der Waals surface area contributed by atoms with Crippen LogP contribution in [0.1, 0.15) is 23.6 Å². The van der Waals surface area contributed by atoms with E-state index in [1.807, 2.05) is 6.07 Å². The van der Waals surface area contributed by atoms with Crippen LogP contribution in [0.2, 0.25) is 0 Å². The number of fused-ring (bicyclic) bond motifs is 1. The molecule has 3 heteroatoms. The highest BCUT2D eigenvalue weighted by atomic mass is 16.5. The molecule has 0 spiro atoms. The second-order valence-electron chi connectivity index (χ2n) is 3.80. The zero-order valence-electron chi connectivity index (χ0n) is 8.16. The fourth-order valence-corrected chi connectivity index (χ4v) is 1.75. The molecule has 2 N–H and O–H groups in total. The monoisotopic (exact) mass is 194 g/mol. The Balaban J connectivity index is 2.32. The van der Waals surface area contributed by atoms with Crippen molar-refractivity contribution in [3.8, 4) is 5.75 Å². The van der Waals surface area contributed by atoms with Crippen LogP contribution in [0.5, 0.6) is 5.75 Å². The first-order valence-electron chi connectivity index (χ1n) is 4.76. The lowest BCUT2D eigenvalue weighted by atomic mass is 10.0. The highest BCUT2D eigenvalue weighted by Gasteiger charge is 2.15. The summed E-state index contributed by atoms with van der Waals surface area (Å²) in [5.74, 6) is 0.259. The quantitative estimate of drug-likeness (QED) is 0.747. The highest BCUT2D eigenvalue weighted by Crippen LogP contribution is 2.28. The van der Waals surface area contributed by atoms with Gasteiger partial charge in [0.05, 0.1) is 19.3 Å². The average molecular weight is 194 g/mol. The van der Waals surface area contributed by atoms with Gasteiger partial charge in [-0.3, -0.25) is 0 Å². The van der Waals surface area contributed by atoms with E-state index in [9.17, 15) is 10.2 Å². The Bertz CT molecular complexity index is 345. The van der Waals surface area contributed by atoms with Gasteiger partial charge in [-0.15, -0.1) is 0 Å². The van der Waals surface area contributed by atoms with Gasteiger partial charge >= 0.3 is 0 Å². The topological polar surface area (TPSA) is 49.7 Å². The molecule has 0 saturated heterocycles. The second-order valence-corrected chi connectivity index (χ2v) is 3.80. The van der Waals surface area contributed by atoms with Gasteiger partial charge in [-0.2, -0.15) is 0 Å². The Morgan fingerprint density at radius 3 is 2.64 bits per heavy atom. The fourth-order valence-electron chi connectivity index (χ4n) is 1.75. The molecule has 1 aromatic rings. The number of aliphatic hydroxyl groups is 1. The molecular weight excluding hydrogens is 180 g/mol. The van der Waals surface area contributed by atoms with E-state index in [4.69, 9.17) is 4.74 Å². The summed E-state index contributed by atoms with van der Waals surface area (Å²) in [6, 6.07) is 3.66. The van der Waals surface area contributed by atoms with E-state index in [-0.39, 0.29) is 5.75 Å². The lowest BCUT2D eigenvalue weighted by Crippen LogP contribution is -2.05. The van der Waals surface area contributed by atoms with Crippen molar-refractivity contribution in [1.29, 1.82) is 0 Å². The van der Waals surface area contributed by atoms with E-state index in [2.05, 4.69) is 0 Å². The van der Waals surface area contributed by atoms with E-state index < -0.39 is 6.10 Å². The third kappa shape index (κ3) is 1.74. The lowest BCUT2D eigenvalue weighted by Gasteiger charge is -2.08. The van der Waals surface area contributed by atoms with Gasteiger partial charge in [0.15, 0.2) is 0 Å². The molecule has 2 rings (SSSR count). The molecular formula is C11H14O3. The molecule has 14 heavy (non-hydrogen) atoms. The predicted molar refractivity (Wildman–Crippen MR) is 52.0 cm³/mol. The molecule has 1 unspecified atom stereocenters. The highest BCUT2D eigenvalue weighted by molar-refractivity contribution is 5.42. The minimum absolute atomic E-state index is 0.259. The summed E-state index contributed by atoms with van der Waals surface area (Å²) >= 11 is 0. The molecule has 0 saturated carbocycles. The molecule has 0 aliphatic carbocycles. The van der Waals surface area contributed by atoms with Crippen molar-refractivity contribution in [1.82, 2.24) is 0 Å². The zero-order valence-corrected chi connectivity index (χ0v) is 8.16. The number of hydrogen-bond acceptors (Lipinski definition) is 3. The standard InChI is InChI=1S/C11H14O3/c1-7(12)2-8-3-9-5-14-6-10(9)4-11(8)13/h3-4,7,12-13H,2,5-6H2,1H3. The molecule has 1 aliphatic heterocycles. The molecule has 1 heterocycles. The van der Waals surface area contributed by atoms with Crippen LogP contribution in [0, 0.1) is 0 Å². The summed E-state index contributed by atoms with van der Waals surface area (Å²) in [5, 5.41) is 18.9. The summed E-state index contributed by atoms with van der Waals surface area (Å²) in [4.78, 5) is 0. The van der Waals surface area contributed by atoms with Gasteiger partial charge < -0.3 is 14.9 Å². The van der Waals surface area contributed by atoms with Crippen LogP contribution in [-0.2, 0) is 24.4 Å². The summed E-state index contributed by atoms with van der Waals surface area (Å²) < 4.78 is 5.26. The minimum atomic E-state index is -0.429. The van der Waals surface area contributed by atoms with Crippen molar-refractivity contribution in [3.05, 3.63) is 28.8 Å². The first-order valence-corrected chi connectivity index (χ1v) is 4.76. The number of aliphatic hydroxyl groups excluding tert-OH is 1. The number of hydrogen-bond donors (Lipinski definition) is 2. The van der Waals surface area contributed by atoms with Gasteiger partial charge in [0, 0.05) is 6.42 Å². The van der Waals surface area contributed by atoms with Crippen molar-refractivity contribution in [2.24, 2.45) is 0 Å². The smallest absolute Gasteiger partial charge is 0.119 e. The molecule has 76 valence electrons. The van der Waals surface area contributed by atoms with Crippen molar-refractivity contribution in [2.45, 2.75) is 32.7 Å². The Labute approximate surface area is 83.0 Å². The van der Waals surface area contributed by atoms with Crippen LogP contribution in [0.15, 0.2) is 12.1 Å². The molecule has 0 amide bonds. The lowest BCUT2D eigenvalue weighted by molar-refractivity contribution is 0.134. The largest absolute Gasteiger partial charge is 0.508 e. The Hall–Kier alpha value is -1.06. The van der Waals surface area contributed by atoms with Gasteiger partial charge in [-0.25, -0.2) is 0 Å². The number of ether oxygens (including phenoxy) is 1. The Morgan fingerprint density at radius 1 is 1.36 bits per heavy atom. The van der Waals surface area contributed by atoms with Crippen molar-refractivity contribution < 1.29 is 14.9 Å². The molecule has 0 aromatic heterocycles. The number of rotatable bonds is 2. The summed E-state index contributed by atoms with van der Waals surface area (Å²) in [7, 11) is 0. The zero-order chi connectivity index (χ0) is 10.1. The second kappa shape index (κ2) is 3.59. The summed E-state index contributed by atoms with van der Waals surface area (Å²) in [6.45, 7) is 2.91. The molecule has 1 aliphatic rings. The Kier molecular flexibility index (Phi) is 2.44. The maximum Gasteiger partial charge on any atom is 0.119 e. The molecule has 0 radical (unpaired) electrons. The molecule has 1 aromatic carbocycles. The van der Waals surface area contributed by atoms with Crippen LogP contribution >= 0.6 is 0 Å². The van der Waals surface area contributed by atoms with Gasteiger partial charge in [-0.1, -0.05) is 0 Å². The number of phenols is 1. The number of phenolic OH excluding ortho intramolecular Hbond substituents is 1. The van der Waals surface area contributed by atoms with Crippen molar-refractivity contribution >= 4 is 0 Å². The van der Waals surface area contributed by atoms with E-state index in [0.717, 1.165) is 16.7 Å². The first-order chi connectivity index (χ1) is 6.66. The van der Waals surface area contributed by atoms with Crippen LogP contribution in [0.3, 0.4) is 0 Å². The first kappa shape index (κ1) is 9.49. The Morgan fingerprint density at radius 2 is 2.00 bits per heavy atom. The third-order valence-corrected chi connectivity index (χ3v) is 2.43. The minimum Gasteiger partial charge on any atom is -0.508 e.